The van der Waals surface area contributed by atoms with Gasteiger partial charge in [0.15, 0.2) is 0 Å². The Kier molecular flexibility index (Phi) is 3.93. The molecule has 19 heavy (non-hydrogen) atoms. The van der Waals surface area contributed by atoms with E-state index in [1.54, 1.807) is 6.07 Å². The molecule has 0 aliphatic carbocycles. The number of halogens is 2. The highest BCUT2D eigenvalue weighted by Gasteiger charge is 2.37. The van der Waals surface area contributed by atoms with Crippen molar-refractivity contribution in [2.24, 2.45) is 5.92 Å². The van der Waals surface area contributed by atoms with E-state index in [2.05, 4.69) is 21.2 Å². The third-order valence-corrected chi connectivity index (χ3v) is 4.61. The zero-order valence-corrected chi connectivity index (χ0v) is 12.5. The van der Waals surface area contributed by atoms with Crippen LogP contribution in [0.2, 0.25) is 0 Å². The SMILES string of the molecule is CS(=O)(=O)N1CC(C(=O)Nc2ccc(Br)cc2F)C1. The monoisotopic (exact) mass is 350 g/mol. The summed E-state index contributed by atoms with van der Waals surface area (Å²) in [6.45, 7) is 0.283. The van der Waals surface area contributed by atoms with Crippen LogP contribution in [0.5, 0.6) is 0 Å². The average Bonchev–Trinajstić information content (AvgIpc) is 2.17. The number of nitrogens with zero attached hydrogens (tertiary/aromatic N) is 1. The maximum atomic E-state index is 13.5. The van der Waals surface area contributed by atoms with Crippen molar-refractivity contribution in [1.82, 2.24) is 4.31 Å². The molecule has 8 heteroatoms. The first kappa shape index (κ1) is 14.4. The van der Waals surface area contributed by atoms with Gasteiger partial charge in [0.2, 0.25) is 15.9 Å². The Balaban J connectivity index is 1.96. The van der Waals surface area contributed by atoms with E-state index in [4.69, 9.17) is 0 Å². The van der Waals surface area contributed by atoms with Gasteiger partial charge in [0.05, 0.1) is 17.9 Å². The van der Waals surface area contributed by atoms with E-state index in [1.165, 1.54) is 16.4 Å². The minimum absolute atomic E-state index is 0.0889. The molecule has 0 aromatic heterocycles. The van der Waals surface area contributed by atoms with Crippen LogP contribution >= 0.6 is 15.9 Å². The van der Waals surface area contributed by atoms with E-state index in [1.807, 2.05) is 0 Å². The summed E-state index contributed by atoms with van der Waals surface area (Å²) in [5, 5.41) is 2.46. The smallest absolute Gasteiger partial charge is 0.230 e. The van der Waals surface area contributed by atoms with Crippen molar-refractivity contribution in [1.29, 1.82) is 0 Å². The van der Waals surface area contributed by atoms with Crippen LogP contribution in [0.1, 0.15) is 0 Å². The Hall–Kier alpha value is -0.990. The normalized spacial score (nSPS) is 17.0. The molecule has 0 spiro atoms. The third kappa shape index (κ3) is 3.31. The van der Waals surface area contributed by atoms with Crippen LogP contribution in [0.25, 0.3) is 0 Å². The fraction of sp³-hybridized carbons (Fsp3) is 0.364. The molecule has 1 amide bonds. The van der Waals surface area contributed by atoms with E-state index in [0.717, 1.165) is 6.26 Å². The summed E-state index contributed by atoms with van der Waals surface area (Å²) in [7, 11) is -3.25. The van der Waals surface area contributed by atoms with E-state index in [0.29, 0.717) is 4.47 Å². The molecule has 1 fully saturated rings. The molecule has 5 nitrogen and oxygen atoms in total. The molecule has 1 aromatic carbocycles. The van der Waals surface area contributed by atoms with Crippen LogP contribution in [0.15, 0.2) is 22.7 Å². The summed E-state index contributed by atoms with van der Waals surface area (Å²) < 4.78 is 37.6. The second-order valence-electron chi connectivity index (χ2n) is 4.39. The van der Waals surface area contributed by atoms with Gasteiger partial charge >= 0.3 is 0 Å². The van der Waals surface area contributed by atoms with Gasteiger partial charge in [-0.25, -0.2) is 17.1 Å². The predicted octanol–water partition coefficient (Wildman–Crippen LogP) is 1.42. The average molecular weight is 351 g/mol. The number of hydrogen-bond acceptors (Lipinski definition) is 3. The molecule has 1 saturated heterocycles. The quantitative estimate of drug-likeness (QED) is 0.896. The van der Waals surface area contributed by atoms with Crippen LogP contribution in [0.3, 0.4) is 0 Å². The van der Waals surface area contributed by atoms with Crippen molar-refractivity contribution in [3.63, 3.8) is 0 Å². The molecule has 0 saturated carbocycles. The summed E-state index contributed by atoms with van der Waals surface area (Å²) in [6, 6.07) is 4.31. The maximum Gasteiger partial charge on any atom is 0.230 e. The van der Waals surface area contributed by atoms with Gasteiger partial charge in [-0.3, -0.25) is 4.79 Å². The first-order chi connectivity index (χ1) is 8.77. The zero-order valence-electron chi connectivity index (χ0n) is 10.1. The van der Waals surface area contributed by atoms with Gasteiger partial charge < -0.3 is 5.32 Å². The fourth-order valence-corrected chi connectivity index (χ4v) is 2.94. The van der Waals surface area contributed by atoms with Gasteiger partial charge in [-0.15, -0.1) is 0 Å². The largest absolute Gasteiger partial charge is 0.323 e. The number of anilines is 1. The number of hydrogen-bond donors (Lipinski definition) is 1. The highest BCUT2D eigenvalue weighted by atomic mass is 79.9. The lowest BCUT2D eigenvalue weighted by Crippen LogP contribution is -2.53. The zero-order chi connectivity index (χ0) is 14.2. The molecule has 0 atom stereocenters. The van der Waals surface area contributed by atoms with Gasteiger partial charge in [-0.05, 0) is 18.2 Å². The van der Waals surface area contributed by atoms with Crippen LogP contribution in [0, 0.1) is 11.7 Å². The minimum Gasteiger partial charge on any atom is -0.323 e. The van der Waals surface area contributed by atoms with Crippen molar-refractivity contribution in [2.75, 3.05) is 24.7 Å². The first-order valence-electron chi connectivity index (χ1n) is 5.48. The molecule has 104 valence electrons. The molecule has 1 N–H and O–H groups in total. The minimum atomic E-state index is -3.25. The van der Waals surface area contributed by atoms with Crippen molar-refractivity contribution in [3.05, 3.63) is 28.5 Å². The van der Waals surface area contributed by atoms with Crippen LogP contribution in [-0.2, 0) is 14.8 Å². The predicted molar refractivity (Wildman–Crippen MR) is 72.6 cm³/mol. The number of nitrogens with one attached hydrogen (secondary N) is 1. The number of rotatable bonds is 3. The van der Waals surface area contributed by atoms with Crippen LogP contribution < -0.4 is 5.32 Å². The summed E-state index contributed by atoms with van der Waals surface area (Å²) in [4.78, 5) is 11.8. The number of carbonyl (C=O) groups is 1. The summed E-state index contributed by atoms with van der Waals surface area (Å²) >= 11 is 3.12. The number of sulfonamides is 1. The lowest BCUT2D eigenvalue weighted by atomic mass is 10.0. The van der Waals surface area contributed by atoms with Crippen molar-refractivity contribution < 1.29 is 17.6 Å². The van der Waals surface area contributed by atoms with Gasteiger partial charge in [0, 0.05) is 17.6 Å². The van der Waals surface area contributed by atoms with Gasteiger partial charge in [-0.1, -0.05) is 15.9 Å². The molecule has 2 rings (SSSR count). The Morgan fingerprint density at radius 1 is 1.47 bits per heavy atom. The van der Waals surface area contributed by atoms with Crippen molar-refractivity contribution in [2.45, 2.75) is 0 Å². The molecule has 1 heterocycles. The Morgan fingerprint density at radius 2 is 2.11 bits per heavy atom. The highest BCUT2D eigenvalue weighted by molar-refractivity contribution is 9.10. The topological polar surface area (TPSA) is 66.5 Å². The Morgan fingerprint density at radius 3 is 2.63 bits per heavy atom. The van der Waals surface area contributed by atoms with Gasteiger partial charge in [-0.2, -0.15) is 0 Å². The van der Waals surface area contributed by atoms with Crippen molar-refractivity contribution >= 4 is 37.5 Å². The van der Waals surface area contributed by atoms with Gasteiger partial charge in [0.25, 0.3) is 0 Å². The molecule has 1 aromatic rings. The van der Waals surface area contributed by atoms with E-state index in [9.17, 15) is 17.6 Å². The number of amides is 1. The lowest BCUT2D eigenvalue weighted by Gasteiger charge is -2.35. The van der Waals surface area contributed by atoms with Crippen molar-refractivity contribution in [3.8, 4) is 0 Å². The van der Waals surface area contributed by atoms with Crippen LogP contribution in [0.4, 0.5) is 10.1 Å². The summed E-state index contributed by atoms with van der Waals surface area (Å²) in [6.07, 6.45) is 1.09. The molecule has 0 radical (unpaired) electrons. The molecule has 0 unspecified atom stereocenters. The second-order valence-corrected chi connectivity index (χ2v) is 7.29. The summed E-state index contributed by atoms with van der Waals surface area (Å²) in [5.74, 6) is -1.35. The second kappa shape index (κ2) is 5.18. The number of benzene rings is 1. The third-order valence-electron chi connectivity index (χ3n) is 2.88. The molecular weight excluding hydrogens is 339 g/mol. The van der Waals surface area contributed by atoms with E-state index >= 15 is 0 Å². The highest BCUT2D eigenvalue weighted by Crippen LogP contribution is 2.23. The fourth-order valence-electron chi connectivity index (χ4n) is 1.70. The molecule has 1 aliphatic heterocycles. The molecule has 1 aliphatic rings. The Labute approximate surface area is 119 Å². The standard InChI is InChI=1S/C11H12BrFN2O3S/c1-19(17,18)15-5-7(6-15)11(16)14-10-3-2-8(12)4-9(10)13/h2-4,7H,5-6H2,1H3,(H,14,16). The number of carbonyl (C=O) groups excluding carboxylic acids is 1. The Bertz CT molecular complexity index is 614. The van der Waals surface area contributed by atoms with E-state index in [-0.39, 0.29) is 24.7 Å². The van der Waals surface area contributed by atoms with E-state index < -0.39 is 21.8 Å². The maximum absolute atomic E-state index is 13.5. The molecule has 0 bridgehead atoms. The lowest BCUT2D eigenvalue weighted by molar-refractivity contribution is -0.122. The van der Waals surface area contributed by atoms with Crippen LogP contribution in [-0.4, -0.2) is 38.0 Å². The summed E-state index contributed by atoms with van der Waals surface area (Å²) in [5.41, 5.74) is 0.0889. The molecular formula is C11H12BrFN2O3S. The first-order valence-corrected chi connectivity index (χ1v) is 8.12. The van der Waals surface area contributed by atoms with Gasteiger partial charge in [0.1, 0.15) is 5.82 Å².